The first-order valence-electron chi connectivity index (χ1n) is 7.33. The highest BCUT2D eigenvalue weighted by atomic mass is 19.1. The summed E-state index contributed by atoms with van der Waals surface area (Å²) < 4.78 is 19.1. The Kier molecular flexibility index (Phi) is 4.12. The molecule has 0 spiro atoms. The normalized spacial score (nSPS) is 10.7. The topological polar surface area (TPSA) is 55.3 Å². The van der Waals surface area contributed by atoms with Gasteiger partial charge < -0.3 is 9.64 Å². The minimum Gasteiger partial charge on any atom is -0.465 e. The molecule has 0 saturated heterocycles. The van der Waals surface area contributed by atoms with E-state index in [1.807, 2.05) is 43.3 Å². The first-order chi connectivity index (χ1) is 11.5. The Balaban J connectivity index is 2.18. The lowest BCUT2D eigenvalue weighted by Gasteiger charge is -2.15. The standard InChI is InChI=1S/C18H16FN3O2/c1-22(2)17-13-6-4-5-7-15(13)20-16(21-17)12-9-8-11(10-14(12)19)18(23)24-3/h4-10H,1-3H3. The number of fused-ring (bicyclic) bond motifs is 1. The van der Waals surface area contributed by atoms with Gasteiger partial charge in [0, 0.05) is 19.5 Å². The number of esters is 1. The van der Waals surface area contributed by atoms with Crippen LogP contribution in [0.15, 0.2) is 42.5 Å². The molecule has 0 amide bonds. The van der Waals surface area contributed by atoms with Crippen molar-refractivity contribution in [3.05, 3.63) is 53.8 Å². The zero-order valence-corrected chi connectivity index (χ0v) is 13.6. The van der Waals surface area contributed by atoms with Crippen molar-refractivity contribution in [2.75, 3.05) is 26.1 Å². The molecule has 1 aromatic heterocycles. The van der Waals surface area contributed by atoms with E-state index in [0.717, 1.165) is 17.0 Å². The lowest BCUT2D eigenvalue weighted by atomic mass is 10.1. The Morgan fingerprint density at radius 3 is 2.54 bits per heavy atom. The van der Waals surface area contributed by atoms with Gasteiger partial charge in [0.25, 0.3) is 0 Å². The molecule has 3 aromatic rings. The van der Waals surface area contributed by atoms with Crippen molar-refractivity contribution < 1.29 is 13.9 Å². The van der Waals surface area contributed by atoms with Gasteiger partial charge in [0.1, 0.15) is 11.6 Å². The van der Waals surface area contributed by atoms with Crippen LogP contribution >= 0.6 is 0 Å². The molecule has 2 aromatic carbocycles. The minimum atomic E-state index is -0.589. The zero-order chi connectivity index (χ0) is 17.3. The molecule has 0 fully saturated rings. The van der Waals surface area contributed by atoms with Crippen LogP contribution in [0.1, 0.15) is 10.4 Å². The number of para-hydroxylation sites is 1. The van der Waals surface area contributed by atoms with E-state index in [1.54, 1.807) is 0 Å². The summed E-state index contributed by atoms with van der Waals surface area (Å²) in [6, 6.07) is 11.7. The van der Waals surface area contributed by atoms with Gasteiger partial charge in [-0.2, -0.15) is 0 Å². The van der Waals surface area contributed by atoms with Crippen molar-refractivity contribution in [1.29, 1.82) is 0 Å². The molecule has 0 radical (unpaired) electrons. The largest absolute Gasteiger partial charge is 0.465 e. The third-order valence-electron chi connectivity index (χ3n) is 3.64. The number of hydrogen-bond acceptors (Lipinski definition) is 5. The summed E-state index contributed by atoms with van der Waals surface area (Å²) in [6.45, 7) is 0. The second-order valence-electron chi connectivity index (χ2n) is 5.47. The van der Waals surface area contributed by atoms with Crippen molar-refractivity contribution in [2.45, 2.75) is 0 Å². The summed E-state index contributed by atoms with van der Waals surface area (Å²) in [5, 5.41) is 0.887. The molecule has 0 aliphatic heterocycles. The average molecular weight is 325 g/mol. The maximum atomic E-state index is 14.5. The minimum absolute atomic E-state index is 0.146. The predicted octanol–water partition coefficient (Wildman–Crippen LogP) is 3.29. The molecule has 0 saturated carbocycles. The SMILES string of the molecule is COC(=O)c1ccc(-c2nc(N(C)C)c3ccccc3n2)c(F)c1. The number of anilines is 1. The fourth-order valence-corrected chi connectivity index (χ4v) is 2.46. The summed E-state index contributed by atoms with van der Waals surface area (Å²) in [5.41, 5.74) is 1.10. The number of carbonyl (C=O) groups is 1. The highest BCUT2D eigenvalue weighted by Crippen LogP contribution is 2.28. The Morgan fingerprint density at radius 1 is 1.12 bits per heavy atom. The highest BCUT2D eigenvalue weighted by Gasteiger charge is 2.16. The maximum absolute atomic E-state index is 14.5. The van der Waals surface area contributed by atoms with E-state index in [9.17, 15) is 9.18 Å². The van der Waals surface area contributed by atoms with Gasteiger partial charge in [-0.05, 0) is 30.3 Å². The summed E-state index contributed by atoms with van der Waals surface area (Å²) in [6.07, 6.45) is 0. The first kappa shape index (κ1) is 15.9. The summed E-state index contributed by atoms with van der Waals surface area (Å²) in [5.74, 6) is -0.190. The monoisotopic (exact) mass is 325 g/mol. The van der Waals surface area contributed by atoms with Gasteiger partial charge in [-0.15, -0.1) is 0 Å². The van der Waals surface area contributed by atoms with Crippen LogP contribution in [0.25, 0.3) is 22.3 Å². The first-order valence-corrected chi connectivity index (χ1v) is 7.33. The number of nitrogens with zero attached hydrogens (tertiary/aromatic N) is 3. The van der Waals surface area contributed by atoms with E-state index in [1.165, 1.54) is 19.2 Å². The number of hydrogen-bond donors (Lipinski definition) is 0. The second-order valence-corrected chi connectivity index (χ2v) is 5.47. The van der Waals surface area contributed by atoms with Gasteiger partial charge in [0.15, 0.2) is 5.82 Å². The molecular formula is C18H16FN3O2. The smallest absolute Gasteiger partial charge is 0.337 e. The molecule has 0 aliphatic carbocycles. The Morgan fingerprint density at radius 2 is 1.88 bits per heavy atom. The van der Waals surface area contributed by atoms with Gasteiger partial charge in [0.05, 0.1) is 23.8 Å². The van der Waals surface area contributed by atoms with E-state index in [2.05, 4.69) is 14.7 Å². The molecule has 122 valence electrons. The fraction of sp³-hybridized carbons (Fsp3) is 0.167. The van der Waals surface area contributed by atoms with E-state index in [-0.39, 0.29) is 17.0 Å². The predicted molar refractivity (Wildman–Crippen MR) is 90.6 cm³/mol. The molecule has 24 heavy (non-hydrogen) atoms. The van der Waals surface area contributed by atoms with Crippen molar-refractivity contribution in [1.82, 2.24) is 9.97 Å². The number of carbonyl (C=O) groups excluding carboxylic acids is 1. The van der Waals surface area contributed by atoms with Gasteiger partial charge >= 0.3 is 5.97 Å². The van der Waals surface area contributed by atoms with Gasteiger partial charge in [-0.25, -0.2) is 19.2 Å². The second kappa shape index (κ2) is 6.23. The van der Waals surface area contributed by atoms with Crippen molar-refractivity contribution >= 4 is 22.7 Å². The van der Waals surface area contributed by atoms with E-state index in [4.69, 9.17) is 0 Å². The summed E-state index contributed by atoms with van der Waals surface area (Å²) in [7, 11) is 4.99. The number of rotatable bonds is 3. The van der Waals surface area contributed by atoms with Gasteiger partial charge in [-0.3, -0.25) is 0 Å². The molecule has 3 rings (SSSR count). The molecule has 0 unspecified atom stereocenters. The van der Waals surface area contributed by atoms with Crippen molar-refractivity contribution in [3.63, 3.8) is 0 Å². The van der Waals surface area contributed by atoms with Crippen LogP contribution in [0.4, 0.5) is 10.2 Å². The number of halogens is 1. The van der Waals surface area contributed by atoms with Crippen LogP contribution in [0.2, 0.25) is 0 Å². The van der Waals surface area contributed by atoms with Crippen LogP contribution in [0.5, 0.6) is 0 Å². The quantitative estimate of drug-likeness (QED) is 0.692. The Labute approximate surface area is 138 Å². The number of benzene rings is 2. The molecule has 1 heterocycles. The van der Waals surface area contributed by atoms with E-state index < -0.39 is 11.8 Å². The van der Waals surface area contributed by atoms with Crippen LogP contribution in [-0.2, 0) is 4.74 Å². The molecule has 6 heteroatoms. The molecule has 0 atom stereocenters. The summed E-state index contributed by atoms with van der Waals surface area (Å²) in [4.78, 5) is 22.3. The zero-order valence-electron chi connectivity index (χ0n) is 13.6. The van der Waals surface area contributed by atoms with Gasteiger partial charge in [-0.1, -0.05) is 12.1 Å². The molecule has 0 bridgehead atoms. The Bertz CT molecular complexity index is 925. The van der Waals surface area contributed by atoms with Gasteiger partial charge in [0.2, 0.25) is 0 Å². The highest BCUT2D eigenvalue weighted by molar-refractivity contribution is 5.92. The third-order valence-corrected chi connectivity index (χ3v) is 3.64. The maximum Gasteiger partial charge on any atom is 0.337 e. The molecular weight excluding hydrogens is 309 g/mol. The van der Waals surface area contributed by atoms with Crippen LogP contribution in [0.3, 0.4) is 0 Å². The average Bonchev–Trinajstić information content (AvgIpc) is 2.59. The van der Waals surface area contributed by atoms with E-state index in [0.29, 0.717) is 5.82 Å². The molecule has 0 N–H and O–H groups in total. The fourth-order valence-electron chi connectivity index (χ4n) is 2.46. The van der Waals surface area contributed by atoms with Crippen LogP contribution in [-0.4, -0.2) is 37.1 Å². The molecule has 5 nitrogen and oxygen atoms in total. The lowest BCUT2D eigenvalue weighted by molar-refractivity contribution is 0.0600. The van der Waals surface area contributed by atoms with Crippen molar-refractivity contribution in [2.24, 2.45) is 0 Å². The lowest BCUT2D eigenvalue weighted by Crippen LogP contribution is -2.12. The molecule has 0 aliphatic rings. The number of ether oxygens (including phenoxy) is 1. The van der Waals surface area contributed by atoms with E-state index >= 15 is 0 Å². The van der Waals surface area contributed by atoms with Crippen LogP contribution < -0.4 is 4.90 Å². The number of aromatic nitrogens is 2. The summed E-state index contributed by atoms with van der Waals surface area (Å²) >= 11 is 0. The van der Waals surface area contributed by atoms with Crippen LogP contribution in [0, 0.1) is 5.82 Å². The number of methoxy groups -OCH3 is 1. The Hall–Kier alpha value is -3.02. The van der Waals surface area contributed by atoms with Crippen molar-refractivity contribution in [3.8, 4) is 11.4 Å². The third kappa shape index (κ3) is 2.78.